The molecule has 1 unspecified atom stereocenters. The van der Waals surface area contributed by atoms with Gasteiger partial charge in [-0.2, -0.15) is 0 Å². The molecule has 142 valence electrons. The van der Waals surface area contributed by atoms with Crippen LogP contribution in [0.2, 0.25) is 0 Å². The molecule has 0 aliphatic rings. The zero-order chi connectivity index (χ0) is 18.7. The van der Waals surface area contributed by atoms with Crippen LogP contribution >= 0.6 is 0 Å². The maximum atomic E-state index is 12.4. The van der Waals surface area contributed by atoms with Crippen LogP contribution in [0.15, 0.2) is 57.7 Å². The summed E-state index contributed by atoms with van der Waals surface area (Å²) in [5.41, 5.74) is 8.61. The van der Waals surface area contributed by atoms with Crippen LogP contribution in [0.1, 0.15) is 23.6 Å². The monoisotopic (exact) mass is 386 g/mol. The lowest BCUT2D eigenvalue weighted by atomic mass is 10.0. The van der Waals surface area contributed by atoms with Crippen molar-refractivity contribution in [3.63, 3.8) is 0 Å². The van der Waals surface area contributed by atoms with Gasteiger partial charge in [-0.3, -0.25) is 0 Å². The molecule has 0 saturated carbocycles. The Morgan fingerprint density at radius 1 is 1.19 bits per heavy atom. The summed E-state index contributed by atoms with van der Waals surface area (Å²) in [5.74, 6) is -0.139. The molecule has 0 fully saturated rings. The van der Waals surface area contributed by atoms with Crippen molar-refractivity contribution >= 4 is 16.9 Å². The first kappa shape index (κ1) is 20.7. The van der Waals surface area contributed by atoms with Crippen molar-refractivity contribution in [1.29, 1.82) is 0 Å². The van der Waals surface area contributed by atoms with E-state index in [9.17, 15) is 9.59 Å². The highest BCUT2D eigenvalue weighted by Gasteiger charge is 2.19. The first-order chi connectivity index (χ1) is 12.5. The van der Waals surface area contributed by atoms with Crippen molar-refractivity contribution in [2.45, 2.75) is 32.7 Å². The zero-order valence-corrected chi connectivity index (χ0v) is 16.0. The molecule has 0 aliphatic heterocycles. The largest absolute Gasteiger partial charge is 1.00 e. The van der Waals surface area contributed by atoms with E-state index in [2.05, 4.69) is 0 Å². The molecule has 0 amide bonds. The van der Waals surface area contributed by atoms with E-state index in [1.54, 1.807) is 6.07 Å². The first-order valence-electron chi connectivity index (χ1n) is 8.56. The third-order valence-electron chi connectivity index (χ3n) is 4.33. The van der Waals surface area contributed by atoms with Gasteiger partial charge in [-0.05, 0) is 42.5 Å². The van der Waals surface area contributed by atoms with Crippen molar-refractivity contribution in [2.24, 2.45) is 5.73 Å². The van der Waals surface area contributed by atoms with Crippen molar-refractivity contribution < 1.29 is 26.4 Å². The summed E-state index contributed by atoms with van der Waals surface area (Å²) in [5, 5.41) is 0.829. The van der Waals surface area contributed by atoms with Crippen LogP contribution in [0.25, 0.3) is 11.0 Å². The van der Waals surface area contributed by atoms with Crippen molar-refractivity contribution in [3.05, 3.63) is 75.6 Å². The quantitative estimate of drug-likeness (QED) is 0.383. The third-order valence-corrected chi connectivity index (χ3v) is 4.33. The average molecular weight is 387 g/mol. The molecule has 27 heavy (non-hydrogen) atoms. The Labute approximate surface area is 163 Å². The van der Waals surface area contributed by atoms with Gasteiger partial charge in [0, 0.05) is 17.5 Å². The van der Waals surface area contributed by atoms with Gasteiger partial charge < -0.3 is 27.3 Å². The summed E-state index contributed by atoms with van der Waals surface area (Å²) in [7, 11) is 0. The van der Waals surface area contributed by atoms with E-state index in [0.717, 1.165) is 22.1 Å². The average Bonchev–Trinajstić information content (AvgIpc) is 2.62. The van der Waals surface area contributed by atoms with E-state index in [1.807, 2.05) is 50.2 Å². The maximum Gasteiger partial charge on any atom is 0.336 e. The van der Waals surface area contributed by atoms with Gasteiger partial charge in [0.2, 0.25) is 0 Å². The van der Waals surface area contributed by atoms with Gasteiger partial charge in [0.25, 0.3) is 0 Å². The number of carbonyl (C=O) groups is 1. The van der Waals surface area contributed by atoms with Crippen LogP contribution in [0.3, 0.4) is 0 Å². The van der Waals surface area contributed by atoms with Crippen LogP contribution in [0.4, 0.5) is 0 Å². The minimum absolute atomic E-state index is 0. The Morgan fingerprint density at radius 2 is 1.89 bits per heavy atom. The molecule has 1 heterocycles. The maximum absolute atomic E-state index is 12.4. The normalized spacial score (nSPS) is 11.7. The predicted octanol–water partition coefficient (Wildman–Crippen LogP) is 0.143. The number of carbonyl (C=O) groups excluding carboxylic acids is 1. The van der Waals surface area contributed by atoms with E-state index in [0.29, 0.717) is 24.2 Å². The fourth-order valence-electron chi connectivity index (χ4n) is 2.90. The summed E-state index contributed by atoms with van der Waals surface area (Å²) >= 11 is 0. The van der Waals surface area contributed by atoms with Gasteiger partial charge in [0.1, 0.15) is 17.4 Å². The van der Waals surface area contributed by atoms with Crippen LogP contribution in [0, 0.1) is 6.92 Å². The molecule has 0 bridgehead atoms. The second-order valence-electron chi connectivity index (χ2n) is 6.28. The summed E-state index contributed by atoms with van der Waals surface area (Å²) in [6.45, 7) is 3.82. The van der Waals surface area contributed by atoms with Crippen molar-refractivity contribution in [2.75, 3.05) is 0 Å². The molecule has 1 aromatic heterocycles. The van der Waals surface area contributed by atoms with Crippen LogP contribution in [0.5, 0.6) is 5.75 Å². The molecule has 1 atom stereocenters. The fraction of sp³-hybridized carbons (Fsp3) is 0.238. The second-order valence-corrected chi connectivity index (χ2v) is 6.28. The van der Waals surface area contributed by atoms with Crippen LogP contribution in [-0.4, -0.2) is 12.0 Å². The minimum Gasteiger partial charge on any atom is -1.00 e. The standard InChI is InChI=1S/C21H21NO4.ClH/c1-3-15-11-16-13(2)9-20(23)25-19(16)12-18(15)26-21(24)17(22)10-14-7-5-4-6-8-14;/h4-9,11-12,17H,3,10,22H2,1-2H3;1H/p-1. The third kappa shape index (κ3) is 4.76. The van der Waals surface area contributed by atoms with Crippen LogP contribution < -0.4 is 28.5 Å². The molecule has 3 rings (SSSR count). The number of nitrogens with two attached hydrogens (primary N) is 1. The second kappa shape index (κ2) is 8.84. The highest BCUT2D eigenvalue weighted by Crippen LogP contribution is 2.28. The van der Waals surface area contributed by atoms with Gasteiger partial charge in [0.05, 0.1) is 0 Å². The molecule has 3 aromatic rings. The molecule has 2 aromatic carbocycles. The summed E-state index contributed by atoms with van der Waals surface area (Å²) in [6, 6.07) is 13.7. The molecule has 0 aliphatic carbocycles. The first-order valence-corrected chi connectivity index (χ1v) is 8.56. The zero-order valence-electron chi connectivity index (χ0n) is 15.2. The SMILES string of the molecule is CCc1cc2c(C)cc(=O)oc2cc1OC(=O)C(N)Cc1ccccc1.[Cl-]. The Kier molecular flexibility index (Phi) is 6.77. The fourth-order valence-corrected chi connectivity index (χ4v) is 2.90. The molecular weight excluding hydrogens is 366 g/mol. The summed E-state index contributed by atoms with van der Waals surface area (Å²) in [4.78, 5) is 24.0. The molecule has 2 N–H and O–H groups in total. The van der Waals surface area contributed by atoms with Crippen molar-refractivity contribution in [3.8, 4) is 5.75 Å². The summed E-state index contributed by atoms with van der Waals surface area (Å²) in [6.07, 6.45) is 1.06. The topological polar surface area (TPSA) is 82.5 Å². The Hall–Kier alpha value is -2.63. The lowest BCUT2D eigenvalue weighted by Gasteiger charge is -2.14. The highest BCUT2D eigenvalue weighted by atomic mass is 35.5. The molecule has 0 spiro atoms. The van der Waals surface area contributed by atoms with Gasteiger partial charge in [-0.25, -0.2) is 9.59 Å². The number of hydrogen-bond acceptors (Lipinski definition) is 5. The van der Waals surface area contributed by atoms with Crippen molar-refractivity contribution in [1.82, 2.24) is 0 Å². The number of fused-ring (bicyclic) bond motifs is 1. The number of esters is 1. The molecule has 5 nitrogen and oxygen atoms in total. The number of rotatable bonds is 5. The smallest absolute Gasteiger partial charge is 0.336 e. The van der Waals surface area contributed by atoms with E-state index < -0.39 is 17.6 Å². The lowest BCUT2D eigenvalue weighted by molar-refractivity contribution is -0.135. The Bertz CT molecular complexity index is 998. The van der Waals surface area contributed by atoms with Gasteiger partial charge in [0.15, 0.2) is 0 Å². The Balaban J connectivity index is 0.00000261. The molecule has 6 heteroatoms. The molecular formula is C21H21ClNO4-. The van der Waals surface area contributed by atoms with Gasteiger partial charge in [-0.1, -0.05) is 37.3 Å². The lowest BCUT2D eigenvalue weighted by Crippen LogP contribution is -3.00. The van der Waals surface area contributed by atoms with Crippen LogP contribution in [-0.2, 0) is 17.6 Å². The van der Waals surface area contributed by atoms with Gasteiger partial charge >= 0.3 is 11.6 Å². The van der Waals surface area contributed by atoms with E-state index in [1.165, 1.54) is 6.07 Å². The Morgan fingerprint density at radius 3 is 2.56 bits per heavy atom. The minimum atomic E-state index is -0.776. The predicted molar refractivity (Wildman–Crippen MR) is 100 cm³/mol. The summed E-state index contributed by atoms with van der Waals surface area (Å²) < 4.78 is 10.8. The van der Waals surface area contributed by atoms with E-state index >= 15 is 0 Å². The number of aryl methyl sites for hydroxylation is 2. The molecule has 0 radical (unpaired) electrons. The number of halogens is 1. The van der Waals surface area contributed by atoms with Gasteiger partial charge in [-0.15, -0.1) is 0 Å². The number of benzene rings is 2. The highest BCUT2D eigenvalue weighted by molar-refractivity contribution is 5.85. The molecule has 0 saturated heterocycles. The number of hydrogen-bond donors (Lipinski definition) is 1. The number of ether oxygens (including phenoxy) is 1. The van der Waals surface area contributed by atoms with E-state index in [4.69, 9.17) is 14.9 Å². The van der Waals surface area contributed by atoms with E-state index in [-0.39, 0.29) is 12.4 Å².